The number of aliphatic hydroxyl groups is 1. The summed E-state index contributed by atoms with van der Waals surface area (Å²) in [6, 6.07) is 5.53. The van der Waals surface area contributed by atoms with Crippen LogP contribution >= 0.6 is 31.9 Å². The van der Waals surface area contributed by atoms with Gasteiger partial charge in [-0.3, -0.25) is 4.79 Å². The van der Waals surface area contributed by atoms with Crippen molar-refractivity contribution in [2.75, 3.05) is 13.2 Å². The molecule has 0 saturated heterocycles. The average molecular weight is 365 g/mol. The van der Waals surface area contributed by atoms with E-state index in [1.807, 2.05) is 26.0 Å². The summed E-state index contributed by atoms with van der Waals surface area (Å²) in [5.74, 6) is -0.0813. The molecule has 17 heavy (non-hydrogen) atoms. The van der Waals surface area contributed by atoms with Gasteiger partial charge in [-0.2, -0.15) is 0 Å². The van der Waals surface area contributed by atoms with Crippen LogP contribution in [0.5, 0.6) is 0 Å². The zero-order valence-electron chi connectivity index (χ0n) is 9.78. The fourth-order valence-corrected chi connectivity index (χ4v) is 2.30. The van der Waals surface area contributed by atoms with E-state index in [9.17, 15) is 4.79 Å². The highest BCUT2D eigenvalue weighted by atomic mass is 79.9. The lowest BCUT2D eigenvalue weighted by Gasteiger charge is -2.26. The SMILES string of the molecule is CC(C)N(CCO)C(=O)c1cc(Br)ccc1Br. The van der Waals surface area contributed by atoms with E-state index in [-0.39, 0.29) is 18.6 Å². The number of carbonyl (C=O) groups excluding carboxylic acids is 1. The van der Waals surface area contributed by atoms with Crippen LogP contribution in [-0.2, 0) is 0 Å². The van der Waals surface area contributed by atoms with E-state index in [4.69, 9.17) is 5.11 Å². The van der Waals surface area contributed by atoms with Crippen LogP contribution in [0.1, 0.15) is 24.2 Å². The standard InChI is InChI=1S/C12H15Br2NO2/c1-8(2)15(5-6-16)12(17)10-7-9(13)3-4-11(10)14/h3-4,7-8,16H,5-6H2,1-2H3. The zero-order chi connectivity index (χ0) is 13.0. The number of rotatable bonds is 4. The Bertz CT molecular complexity index is 407. The molecule has 0 unspecified atom stereocenters. The lowest BCUT2D eigenvalue weighted by Crippen LogP contribution is -2.39. The van der Waals surface area contributed by atoms with Crippen LogP contribution in [0, 0.1) is 0 Å². The van der Waals surface area contributed by atoms with Crippen LogP contribution in [0.3, 0.4) is 0 Å². The largest absolute Gasteiger partial charge is 0.395 e. The smallest absolute Gasteiger partial charge is 0.255 e. The second-order valence-corrected chi connectivity index (χ2v) is 5.71. The van der Waals surface area contributed by atoms with E-state index < -0.39 is 0 Å². The van der Waals surface area contributed by atoms with E-state index in [1.54, 1.807) is 11.0 Å². The van der Waals surface area contributed by atoms with Gasteiger partial charge in [-0.15, -0.1) is 0 Å². The van der Waals surface area contributed by atoms with Gasteiger partial charge < -0.3 is 10.0 Å². The molecule has 0 aliphatic heterocycles. The number of halogens is 2. The number of benzene rings is 1. The van der Waals surface area contributed by atoms with Gasteiger partial charge in [0.2, 0.25) is 0 Å². The number of nitrogens with zero attached hydrogens (tertiary/aromatic N) is 1. The highest BCUT2D eigenvalue weighted by Gasteiger charge is 2.20. The summed E-state index contributed by atoms with van der Waals surface area (Å²) in [4.78, 5) is 14.0. The Hall–Kier alpha value is -0.390. The molecule has 0 bridgehead atoms. The molecule has 0 aliphatic carbocycles. The Balaban J connectivity index is 3.04. The fraction of sp³-hybridized carbons (Fsp3) is 0.417. The monoisotopic (exact) mass is 363 g/mol. The molecule has 1 aromatic carbocycles. The molecule has 1 rings (SSSR count). The van der Waals surface area contributed by atoms with Crippen LogP contribution in [0.4, 0.5) is 0 Å². The quantitative estimate of drug-likeness (QED) is 0.891. The summed E-state index contributed by atoms with van der Waals surface area (Å²) in [6.45, 7) is 4.17. The Morgan fingerprint density at radius 3 is 2.59 bits per heavy atom. The van der Waals surface area contributed by atoms with Crippen LogP contribution in [0.15, 0.2) is 27.1 Å². The minimum Gasteiger partial charge on any atom is -0.395 e. The van der Waals surface area contributed by atoms with Gasteiger partial charge in [0.15, 0.2) is 0 Å². The predicted octanol–water partition coefficient (Wildman–Crippen LogP) is 3.05. The normalized spacial score (nSPS) is 10.7. The molecule has 0 heterocycles. The second kappa shape index (κ2) is 6.52. The predicted molar refractivity (Wildman–Crippen MR) is 75.1 cm³/mol. The first-order valence-corrected chi connectivity index (χ1v) is 6.93. The van der Waals surface area contributed by atoms with Gasteiger partial charge in [0, 0.05) is 21.5 Å². The molecule has 0 spiro atoms. The zero-order valence-corrected chi connectivity index (χ0v) is 13.0. The molecule has 0 fully saturated rings. The van der Waals surface area contributed by atoms with Crippen molar-refractivity contribution in [1.29, 1.82) is 0 Å². The minimum atomic E-state index is -0.0813. The molecule has 0 atom stereocenters. The summed E-state index contributed by atoms with van der Waals surface area (Å²) in [6.07, 6.45) is 0. The second-order valence-electron chi connectivity index (χ2n) is 3.94. The van der Waals surface area contributed by atoms with Crippen molar-refractivity contribution in [2.45, 2.75) is 19.9 Å². The third-order valence-corrected chi connectivity index (χ3v) is 3.57. The van der Waals surface area contributed by atoms with Crippen LogP contribution in [0.2, 0.25) is 0 Å². The van der Waals surface area contributed by atoms with Gasteiger partial charge in [0.1, 0.15) is 0 Å². The summed E-state index contributed by atoms with van der Waals surface area (Å²) >= 11 is 6.72. The summed E-state index contributed by atoms with van der Waals surface area (Å²) in [5, 5.41) is 8.99. The van der Waals surface area contributed by atoms with Crippen molar-refractivity contribution >= 4 is 37.8 Å². The van der Waals surface area contributed by atoms with Gasteiger partial charge in [-0.25, -0.2) is 0 Å². The average Bonchev–Trinajstić information content (AvgIpc) is 2.28. The molecule has 0 radical (unpaired) electrons. The fourth-order valence-electron chi connectivity index (χ4n) is 1.52. The maximum absolute atomic E-state index is 12.3. The number of hydrogen-bond donors (Lipinski definition) is 1. The van der Waals surface area contributed by atoms with Crippen molar-refractivity contribution in [3.05, 3.63) is 32.7 Å². The molecule has 3 nitrogen and oxygen atoms in total. The molecule has 1 aromatic rings. The topological polar surface area (TPSA) is 40.5 Å². The van der Waals surface area contributed by atoms with E-state index in [0.29, 0.717) is 12.1 Å². The maximum atomic E-state index is 12.3. The van der Waals surface area contributed by atoms with Crippen molar-refractivity contribution in [3.8, 4) is 0 Å². The van der Waals surface area contributed by atoms with Gasteiger partial charge in [-0.05, 0) is 48.0 Å². The Morgan fingerprint density at radius 2 is 2.06 bits per heavy atom. The lowest BCUT2D eigenvalue weighted by atomic mass is 10.1. The number of hydrogen-bond acceptors (Lipinski definition) is 2. The van der Waals surface area contributed by atoms with E-state index in [1.165, 1.54) is 0 Å². The highest BCUT2D eigenvalue weighted by molar-refractivity contribution is 9.11. The number of carbonyl (C=O) groups is 1. The Kier molecular flexibility index (Phi) is 5.62. The van der Waals surface area contributed by atoms with Crippen LogP contribution < -0.4 is 0 Å². The number of amides is 1. The van der Waals surface area contributed by atoms with Gasteiger partial charge in [0.25, 0.3) is 5.91 Å². The molecular formula is C12H15Br2NO2. The first kappa shape index (κ1) is 14.7. The van der Waals surface area contributed by atoms with Crippen molar-refractivity contribution < 1.29 is 9.90 Å². The maximum Gasteiger partial charge on any atom is 0.255 e. The van der Waals surface area contributed by atoms with E-state index in [2.05, 4.69) is 31.9 Å². The Morgan fingerprint density at radius 1 is 1.41 bits per heavy atom. The molecule has 5 heteroatoms. The third kappa shape index (κ3) is 3.79. The first-order chi connectivity index (χ1) is 7.97. The van der Waals surface area contributed by atoms with Crippen molar-refractivity contribution in [1.82, 2.24) is 4.90 Å². The Labute approximate surface area is 118 Å². The molecular weight excluding hydrogens is 350 g/mol. The lowest BCUT2D eigenvalue weighted by molar-refractivity contribution is 0.0664. The van der Waals surface area contributed by atoms with Crippen LogP contribution in [0.25, 0.3) is 0 Å². The van der Waals surface area contributed by atoms with Gasteiger partial charge >= 0.3 is 0 Å². The van der Waals surface area contributed by atoms with E-state index >= 15 is 0 Å². The highest BCUT2D eigenvalue weighted by Crippen LogP contribution is 2.23. The molecule has 94 valence electrons. The first-order valence-electron chi connectivity index (χ1n) is 5.34. The third-order valence-electron chi connectivity index (χ3n) is 2.38. The van der Waals surface area contributed by atoms with Crippen molar-refractivity contribution in [3.63, 3.8) is 0 Å². The number of aliphatic hydroxyl groups excluding tert-OH is 1. The molecule has 0 aromatic heterocycles. The van der Waals surface area contributed by atoms with Crippen molar-refractivity contribution in [2.24, 2.45) is 0 Å². The van der Waals surface area contributed by atoms with Gasteiger partial charge in [0.05, 0.1) is 12.2 Å². The van der Waals surface area contributed by atoms with Gasteiger partial charge in [-0.1, -0.05) is 15.9 Å². The summed E-state index contributed by atoms with van der Waals surface area (Å²) in [5.41, 5.74) is 0.599. The molecule has 1 amide bonds. The minimum absolute atomic E-state index is 0.0322. The summed E-state index contributed by atoms with van der Waals surface area (Å²) < 4.78 is 1.62. The molecule has 1 N–H and O–H groups in total. The molecule has 0 saturated carbocycles. The van der Waals surface area contributed by atoms with Crippen LogP contribution in [-0.4, -0.2) is 35.1 Å². The molecule has 0 aliphatic rings. The van der Waals surface area contributed by atoms with E-state index in [0.717, 1.165) is 8.95 Å². The summed E-state index contributed by atoms with van der Waals surface area (Å²) in [7, 11) is 0.